The Hall–Kier alpha value is -0.103. The second-order valence-electron chi connectivity index (χ2n) is 3.67. The molecule has 0 rings (SSSR count). The standard InChI is InChI=1S/C6H13F4NSi/c1-12(2,3)11-4-6(9,10)5(7)8/h5,11H,4H2,1-3H3. The van der Waals surface area contributed by atoms with E-state index >= 15 is 0 Å². The van der Waals surface area contributed by atoms with Crippen LogP contribution in [0, 0.1) is 0 Å². The zero-order valence-corrected chi connectivity index (χ0v) is 8.30. The van der Waals surface area contributed by atoms with Crippen molar-refractivity contribution in [2.45, 2.75) is 32.0 Å². The summed E-state index contributed by atoms with van der Waals surface area (Å²) in [5, 5.41) is 0. The van der Waals surface area contributed by atoms with Gasteiger partial charge >= 0.3 is 12.3 Å². The molecular formula is C6H13F4NSi. The molecule has 0 aromatic heterocycles. The minimum atomic E-state index is -3.90. The van der Waals surface area contributed by atoms with Gasteiger partial charge in [0.2, 0.25) is 0 Å². The fraction of sp³-hybridized carbons (Fsp3) is 1.00. The van der Waals surface area contributed by atoms with Gasteiger partial charge in [-0.05, 0) is 0 Å². The van der Waals surface area contributed by atoms with Gasteiger partial charge in [-0.1, -0.05) is 19.6 Å². The van der Waals surface area contributed by atoms with E-state index in [9.17, 15) is 17.6 Å². The quantitative estimate of drug-likeness (QED) is 0.546. The van der Waals surface area contributed by atoms with Crippen molar-refractivity contribution in [2.24, 2.45) is 0 Å². The SMILES string of the molecule is C[Si](C)(C)NCC(F)(F)C(F)F. The van der Waals surface area contributed by atoms with Gasteiger partial charge in [0, 0.05) is 0 Å². The highest BCUT2D eigenvalue weighted by atomic mass is 28.3. The first-order valence-electron chi connectivity index (χ1n) is 3.56. The van der Waals surface area contributed by atoms with E-state index in [0.717, 1.165) is 0 Å². The Labute approximate surface area is 70.2 Å². The molecule has 0 radical (unpaired) electrons. The molecule has 0 aliphatic rings. The number of hydrogen-bond donors (Lipinski definition) is 1. The molecule has 0 unspecified atom stereocenters. The zero-order valence-electron chi connectivity index (χ0n) is 7.30. The Morgan fingerprint density at radius 1 is 1.25 bits per heavy atom. The molecule has 0 aliphatic carbocycles. The number of halogens is 4. The van der Waals surface area contributed by atoms with Gasteiger partial charge in [-0.15, -0.1) is 0 Å². The number of nitrogens with one attached hydrogen (secondary N) is 1. The van der Waals surface area contributed by atoms with E-state index in [2.05, 4.69) is 4.98 Å². The molecule has 74 valence electrons. The summed E-state index contributed by atoms with van der Waals surface area (Å²) in [5.74, 6) is -3.90. The predicted octanol–water partition coefficient (Wildman–Crippen LogP) is 2.31. The summed E-state index contributed by atoms with van der Waals surface area (Å²) in [6.07, 6.45) is -3.58. The molecule has 0 saturated carbocycles. The Kier molecular flexibility index (Phi) is 3.71. The maximum absolute atomic E-state index is 12.3. The van der Waals surface area contributed by atoms with Crippen molar-refractivity contribution in [1.82, 2.24) is 4.98 Å². The van der Waals surface area contributed by atoms with Gasteiger partial charge in [-0.25, -0.2) is 8.78 Å². The predicted molar refractivity (Wildman–Crippen MR) is 42.3 cm³/mol. The van der Waals surface area contributed by atoms with Crippen LogP contribution >= 0.6 is 0 Å². The highest BCUT2D eigenvalue weighted by molar-refractivity contribution is 6.73. The third kappa shape index (κ3) is 4.71. The molecule has 6 heteroatoms. The number of hydrogen-bond acceptors (Lipinski definition) is 1. The third-order valence-electron chi connectivity index (χ3n) is 1.17. The van der Waals surface area contributed by atoms with Crippen molar-refractivity contribution in [1.29, 1.82) is 0 Å². The Morgan fingerprint density at radius 3 is 1.92 bits per heavy atom. The van der Waals surface area contributed by atoms with Gasteiger partial charge in [0.1, 0.15) is 8.24 Å². The number of alkyl halides is 4. The summed E-state index contributed by atoms with van der Waals surface area (Å²) in [5.41, 5.74) is 0. The maximum Gasteiger partial charge on any atom is 0.318 e. The number of rotatable bonds is 4. The molecule has 0 aliphatic heterocycles. The fourth-order valence-electron chi connectivity index (χ4n) is 0.460. The minimum Gasteiger partial charge on any atom is -0.332 e. The van der Waals surface area contributed by atoms with E-state index in [1.807, 2.05) is 0 Å². The molecule has 0 heterocycles. The van der Waals surface area contributed by atoms with Gasteiger partial charge in [0.05, 0.1) is 6.54 Å². The van der Waals surface area contributed by atoms with Crippen LogP contribution in [0.15, 0.2) is 0 Å². The Balaban J connectivity index is 3.93. The molecule has 0 bridgehead atoms. The Morgan fingerprint density at radius 2 is 1.67 bits per heavy atom. The summed E-state index contributed by atoms with van der Waals surface area (Å²) in [4.78, 5) is 2.45. The van der Waals surface area contributed by atoms with E-state index in [1.54, 1.807) is 19.6 Å². The van der Waals surface area contributed by atoms with E-state index in [0.29, 0.717) is 0 Å². The van der Waals surface area contributed by atoms with Crippen LogP contribution in [0.3, 0.4) is 0 Å². The van der Waals surface area contributed by atoms with Crippen LogP contribution in [0.2, 0.25) is 19.6 Å². The summed E-state index contributed by atoms with van der Waals surface area (Å²) >= 11 is 0. The molecule has 1 nitrogen and oxygen atoms in total. The van der Waals surface area contributed by atoms with E-state index < -0.39 is 27.1 Å². The highest BCUT2D eigenvalue weighted by Crippen LogP contribution is 2.21. The van der Waals surface area contributed by atoms with E-state index in [-0.39, 0.29) is 0 Å². The van der Waals surface area contributed by atoms with Crippen molar-refractivity contribution < 1.29 is 17.6 Å². The smallest absolute Gasteiger partial charge is 0.318 e. The first kappa shape index (κ1) is 11.9. The lowest BCUT2D eigenvalue weighted by Gasteiger charge is -2.22. The van der Waals surface area contributed by atoms with Gasteiger partial charge in [-0.3, -0.25) is 0 Å². The molecule has 1 N–H and O–H groups in total. The molecular weight excluding hydrogens is 190 g/mol. The van der Waals surface area contributed by atoms with E-state index in [1.165, 1.54) is 0 Å². The summed E-state index contributed by atoms with van der Waals surface area (Å²) < 4.78 is 47.8. The van der Waals surface area contributed by atoms with Crippen LogP contribution < -0.4 is 4.98 Å². The van der Waals surface area contributed by atoms with Crippen LogP contribution in [0.1, 0.15) is 0 Å². The summed E-state index contributed by atoms with van der Waals surface area (Å²) in [6.45, 7) is 4.39. The molecule has 0 spiro atoms. The largest absolute Gasteiger partial charge is 0.332 e. The summed E-state index contributed by atoms with van der Waals surface area (Å²) in [7, 11) is -1.88. The second kappa shape index (κ2) is 3.74. The van der Waals surface area contributed by atoms with Crippen molar-refractivity contribution in [3.8, 4) is 0 Å². The van der Waals surface area contributed by atoms with Gasteiger partial charge in [-0.2, -0.15) is 8.78 Å². The molecule has 0 atom stereocenters. The van der Waals surface area contributed by atoms with Crippen molar-refractivity contribution in [2.75, 3.05) is 6.54 Å². The van der Waals surface area contributed by atoms with Crippen molar-refractivity contribution in [3.63, 3.8) is 0 Å². The zero-order chi connectivity index (χ0) is 9.99. The lowest BCUT2D eigenvalue weighted by Crippen LogP contribution is -2.49. The second-order valence-corrected chi connectivity index (χ2v) is 8.52. The van der Waals surface area contributed by atoms with Gasteiger partial charge in [0.25, 0.3) is 0 Å². The van der Waals surface area contributed by atoms with Crippen LogP contribution in [0.25, 0.3) is 0 Å². The van der Waals surface area contributed by atoms with Crippen LogP contribution in [0.5, 0.6) is 0 Å². The molecule has 0 saturated heterocycles. The van der Waals surface area contributed by atoms with Crippen LogP contribution in [-0.2, 0) is 0 Å². The maximum atomic E-state index is 12.3. The average Bonchev–Trinajstić information content (AvgIpc) is 1.82. The minimum absolute atomic E-state index is 0.930. The molecule has 0 aromatic rings. The molecule has 0 amide bonds. The van der Waals surface area contributed by atoms with Crippen molar-refractivity contribution in [3.05, 3.63) is 0 Å². The lowest BCUT2D eigenvalue weighted by atomic mass is 10.4. The highest BCUT2D eigenvalue weighted by Gasteiger charge is 2.41. The van der Waals surface area contributed by atoms with Gasteiger partial charge in [0.15, 0.2) is 0 Å². The first-order chi connectivity index (χ1) is 5.15. The first-order valence-corrected chi connectivity index (χ1v) is 7.06. The summed E-state index contributed by atoms with van der Waals surface area (Å²) in [6, 6.07) is 0. The Bertz CT molecular complexity index is 143. The van der Waals surface area contributed by atoms with Crippen LogP contribution in [-0.4, -0.2) is 27.1 Å². The average molecular weight is 203 g/mol. The normalized spacial score (nSPS) is 14.0. The van der Waals surface area contributed by atoms with E-state index in [4.69, 9.17) is 0 Å². The third-order valence-corrected chi connectivity index (χ3v) is 2.41. The monoisotopic (exact) mass is 203 g/mol. The van der Waals surface area contributed by atoms with Crippen molar-refractivity contribution >= 4 is 8.24 Å². The van der Waals surface area contributed by atoms with Crippen LogP contribution in [0.4, 0.5) is 17.6 Å². The topological polar surface area (TPSA) is 12.0 Å². The fourth-order valence-corrected chi connectivity index (χ4v) is 1.23. The lowest BCUT2D eigenvalue weighted by molar-refractivity contribution is -0.122. The molecule has 0 fully saturated rings. The molecule has 12 heavy (non-hydrogen) atoms. The van der Waals surface area contributed by atoms with Gasteiger partial charge < -0.3 is 4.98 Å². The molecule has 0 aromatic carbocycles.